The average Bonchev–Trinajstić information content (AvgIpc) is 3.33. The highest BCUT2D eigenvalue weighted by molar-refractivity contribution is 6.21. The molecule has 2 heterocycles. The predicted octanol–water partition coefficient (Wildman–Crippen LogP) is 2.09. The minimum atomic E-state index is -0.338. The molecule has 1 aliphatic rings. The van der Waals surface area contributed by atoms with Crippen LogP contribution in [0.5, 0.6) is 0 Å². The Morgan fingerprint density at radius 3 is 2.46 bits per heavy atom. The maximum atomic E-state index is 12.5. The van der Waals surface area contributed by atoms with Crippen LogP contribution >= 0.6 is 0 Å². The van der Waals surface area contributed by atoms with Crippen LogP contribution in [0.15, 0.2) is 54.9 Å². The lowest BCUT2D eigenvalue weighted by Gasteiger charge is -2.15. The molecular formula is C20H17N5O3. The van der Waals surface area contributed by atoms with Gasteiger partial charge in [0.25, 0.3) is 17.7 Å². The number of rotatable bonds is 5. The topological polar surface area (TPSA) is 108 Å². The highest BCUT2D eigenvalue weighted by Gasteiger charge is 2.35. The van der Waals surface area contributed by atoms with Gasteiger partial charge in [-0.3, -0.25) is 24.4 Å². The summed E-state index contributed by atoms with van der Waals surface area (Å²) in [5, 5.41) is 9.31. The quantitative estimate of drug-likeness (QED) is 0.664. The third-order valence-corrected chi connectivity index (χ3v) is 4.60. The van der Waals surface area contributed by atoms with Crippen LogP contribution in [0.25, 0.3) is 0 Å². The van der Waals surface area contributed by atoms with Crippen molar-refractivity contribution < 1.29 is 14.4 Å². The summed E-state index contributed by atoms with van der Waals surface area (Å²) in [6.45, 7) is 1.90. The molecule has 0 aliphatic carbocycles. The molecule has 8 heteroatoms. The lowest BCUT2D eigenvalue weighted by Crippen LogP contribution is -2.30. The van der Waals surface area contributed by atoms with Crippen LogP contribution in [0.2, 0.25) is 0 Å². The molecule has 1 aromatic heterocycles. The lowest BCUT2D eigenvalue weighted by molar-refractivity contribution is 0.0642. The molecule has 0 spiro atoms. The highest BCUT2D eigenvalue weighted by Crippen LogP contribution is 2.24. The molecule has 0 radical (unpaired) electrons. The fourth-order valence-corrected chi connectivity index (χ4v) is 3.15. The van der Waals surface area contributed by atoms with E-state index in [0.29, 0.717) is 28.1 Å². The van der Waals surface area contributed by atoms with Gasteiger partial charge in [-0.1, -0.05) is 24.3 Å². The van der Waals surface area contributed by atoms with E-state index in [0.717, 1.165) is 0 Å². The molecular weight excluding hydrogens is 358 g/mol. The number of aromatic amines is 1. The number of H-pyrrole nitrogens is 1. The van der Waals surface area contributed by atoms with Crippen molar-refractivity contribution >= 4 is 17.7 Å². The van der Waals surface area contributed by atoms with Crippen molar-refractivity contribution in [1.29, 1.82) is 0 Å². The number of hydrogen-bond acceptors (Lipinski definition) is 5. The van der Waals surface area contributed by atoms with Gasteiger partial charge in [0.15, 0.2) is 0 Å². The van der Waals surface area contributed by atoms with Crippen LogP contribution in [0.1, 0.15) is 55.4 Å². The summed E-state index contributed by atoms with van der Waals surface area (Å²) in [6.07, 6.45) is 1.38. The molecule has 1 atom stereocenters. The van der Waals surface area contributed by atoms with E-state index in [2.05, 4.69) is 20.5 Å². The molecule has 140 valence electrons. The summed E-state index contributed by atoms with van der Waals surface area (Å²) < 4.78 is 0. The molecule has 8 nitrogen and oxygen atoms in total. The summed E-state index contributed by atoms with van der Waals surface area (Å²) in [7, 11) is 0. The molecule has 3 aromatic rings. The van der Waals surface area contributed by atoms with Gasteiger partial charge in [-0.2, -0.15) is 5.10 Å². The van der Waals surface area contributed by atoms with Gasteiger partial charge in [0.05, 0.1) is 23.7 Å². The maximum absolute atomic E-state index is 12.5. The number of imide groups is 1. The molecule has 0 unspecified atom stereocenters. The van der Waals surface area contributed by atoms with Gasteiger partial charge in [0, 0.05) is 5.56 Å². The summed E-state index contributed by atoms with van der Waals surface area (Å²) in [5.41, 5.74) is 1.93. The first-order valence-corrected chi connectivity index (χ1v) is 8.75. The summed E-state index contributed by atoms with van der Waals surface area (Å²) in [5.74, 6) is -0.382. The molecule has 0 saturated heterocycles. The molecule has 28 heavy (non-hydrogen) atoms. The Labute approximate surface area is 160 Å². The number of fused-ring (bicyclic) bond motifs is 1. The third-order valence-electron chi connectivity index (χ3n) is 4.60. The van der Waals surface area contributed by atoms with Crippen molar-refractivity contribution in [3.8, 4) is 0 Å². The molecule has 4 rings (SSSR count). The molecule has 3 amide bonds. The number of benzene rings is 2. The summed E-state index contributed by atoms with van der Waals surface area (Å²) in [6, 6.07) is 13.3. The number of hydrogen-bond donors (Lipinski definition) is 2. The first-order chi connectivity index (χ1) is 13.5. The van der Waals surface area contributed by atoms with E-state index >= 15 is 0 Å². The Bertz CT molecular complexity index is 1030. The standard InChI is InChI=1S/C20H17N5O3/c1-12(17-21-11-22-24-17)23-18(26)14-6-4-5-13(9-14)10-25-19(27)15-7-2-3-8-16(15)20(25)28/h2-9,11-12H,10H2,1H3,(H,23,26)(H,21,22,24)/t12-/m0/s1. The molecule has 2 aromatic carbocycles. The van der Waals surface area contributed by atoms with Crippen molar-refractivity contribution in [2.24, 2.45) is 0 Å². The normalized spacial score (nSPS) is 14.1. The van der Waals surface area contributed by atoms with Crippen molar-refractivity contribution in [1.82, 2.24) is 25.4 Å². The van der Waals surface area contributed by atoms with E-state index in [1.807, 2.05) is 0 Å². The van der Waals surface area contributed by atoms with E-state index in [4.69, 9.17) is 0 Å². The van der Waals surface area contributed by atoms with Gasteiger partial charge in [-0.25, -0.2) is 4.98 Å². The van der Waals surface area contributed by atoms with Crippen LogP contribution in [0.3, 0.4) is 0 Å². The first-order valence-electron chi connectivity index (χ1n) is 8.75. The second-order valence-electron chi connectivity index (χ2n) is 6.51. The molecule has 2 N–H and O–H groups in total. The van der Waals surface area contributed by atoms with Crippen LogP contribution < -0.4 is 5.32 Å². The monoisotopic (exact) mass is 375 g/mol. The Morgan fingerprint density at radius 2 is 1.82 bits per heavy atom. The fraction of sp³-hybridized carbons (Fsp3) is 0.150. The Balaban J connectivity index is 1.49. The van der Waals surface area contributed by atoms with Gasteiger partial charge < -0.3 is 5.32 Å². The SMILES string of the molecule is C[C@H](NC(=O)c1cccc(CN2C(=O)c3ccccc3C2=O)c1)c1ncn[nH]1. The van der Waals surface area contributed by atoms with Gasteiger partial charge in [-0.05, 0) is 36.8 Å². The smallest absolute Gasteiger partial charge is 0.261 e. The van der Waals surface area contributed by atoms with Crippen molar-refractivity contribution in [3.05, 3.63) is 82.9 Å². The van der Waals surface area contributed by atoms with E-state index in [-0.39, 0.29) is 30.3 Å². The second kappa shape index (κ2) is 7.07. The maximum Gasteiger partial charge on any atom is 0.261 e. The Kier molecular flexibility index (Phi) is 4.44. The zero-order chi connectivity index (χ0) is 19.7. The van der Waals surface area contributed by atoms with E-state index in [1.54, 1.807) is 55.5 Å². The number of nitrogens with one attached hydrogen (secondary N) is 2. The van der Waals surface area contributed by atoms with Crippen LogP contribution in [-0.2, 0) is 6.54 Å². The van der Waals surface area contributed by atoms with Crippen LogP contribution in [-0.4, -0.2) is 37.8 Å². The Morgan fingerprint density at radius 1 is 1.11 bits per heavy atom. The highest BCUT2D eigenvalue weighted by atomic mass is 16.2. The largest absolute Gasteiger partial charge is 0.342 e. The van der Waals surface area contributed by atoms with Crippen LogP contribution in [0.4, 0.5) is 0 Å². The fourth-order valence-electron chi connectivity index (χ4n) is 3.15. The lowest BCUT2D eigenvalue weighted by atomic mass is 10.1. The number of amides is 3. The summed E-state index contributed by atoms with van der Waals surface area (Å²) >= 11 is 0. The van der Waals surface area contributed by atoms with Crippen molar-refractivity contribution in [3.63, 3.8) is 0 Å². The van der Waals surface area contributed by atoms with E-state index in [9.17, 15) is 14.4 Å². The minimum Gasteiger partial charge on any atom is -0.342 e. The molecule has 0 bridgehead atoms. The summed E-state index contributed by atoms with van der Waals surface area (Å²) in [4.78, 5) is 42.8. The van der Waals surface area contributed by atoms with Crippen molar-refractivity contribution in [2.75, 3.05) is 0 Å². The predicted molar refractivity (Wildman–Crippen MR) is 99.4 cm³/mol. The number of aromatic nitrogens is 3. The van der Waals surface area contributed by atoms with Gasteiger partial charge in [0.2, 0.25) is 0 Å². The first kappa shape index (κ1) is 17.6. The Hall–Kier alpha value is -3.81. The van der Waals surface area contributed by atoms with Gasteiger partial charge in [-0.15, -0.1) is 0 Å². The molecule has 1 aliphatic heterocycles. The number of carbonyl (C=O) groups is 3. The van der Waals surface area contributed by atoms with Gasteiger partial charge in [0.1, 0.15) is 12.2 Å². The van der Waals surface area contributed by atoms with E-state index in [1.165, 1.54) is 11.2 Å². The van der Waals surface area contributed by atoms with E-state index < -0.39 is 0 Å². The third kappa shape index (κ3) is 3.16. The minimum absolute atomic E-state index is 0.102. The second-order valence-corrected chi connectivity index (χ2v) is 6.51. The molecule has 0 fully saturated rings. The zero-order valence-corrected chi connectivity index (χ0v) is 15.0. The zero-order valence-electron chi connectivity index (χ0n) is 15.0. The molecule has 0 saturated carbocycles. The van der Waals surface area contributed by atoms with Crippen molar-refractivity contribution in [2.45, 2.75) is 19.5 Å². The van der Waals surface area contributed by atoms with Crippen LogP contribution in [0, 0.1) is 0 Å². The van der Waals surface area contributed by atoms with Gasteiger partial charge >= 0.3 is 0 Å². The number of nitrogens with zero attached hydrogens (tertiary/aromatic N) is 3. The average molecular weight is 375 g/mol. The number of carbonyl (C=O) groups excluding carboxylic acids is 3.